The minimum atomic E-state index is 0.217. The van der Waals surface area contributed by atoms with E-state index in [9.17, 15) is 4.79 Å². The molecule has 0 radical (unpaired) electrons. The Kier molecular flexibility index (Phi) is 6.36. The van der Waals surface area contributed by atoms with E-state index in [1.165, 1.54) is 0 Å². The number of hydrogen-bond donors (Lipinski definition) is 1. The summed E-state index contributed by atoms with van der Waals surface area (Å²) < 4.78 is 0. The number of fused-ring (bicyclic) bond motifs is 1. The smallest absolute Gasteiger partial charge is 0.227 e. The molecule has 0 unspecified atom stereocenters. The van der Waals surface area contributed by atoms with E-state index in [0.29, 0.717) is 25.5 Å². The van der Waals surface area contributed by atoms with Crippen LogP contribution in [0.3, 0.4) is 0 Å². The molecule has 0 aliphatic carbocycles. The fraction of sp³-hybridized carbons (Fsp3) is 0.706. The predicted octanol–water partition coefficient (Wildman–Crippen LogP) is 1.01. The molecule has 0 bridgehead atoms. The summed E-state index contributed by atoms with van der Waals surface area (Å²) in [5.74, 6) is 1.86. The van der Waals surface area contributed by atoms with Crippen molar-refractivity contribution in [2.45, 2.75) is 38.6 Å². The lowest BCUT2D eigenvalue weighted by Crippen LogP contribution is -2.37. The van der Waals surface area contributed by atoms with Crippen LogP contribution in [0, 0.1) is 0 Å². The highest BCUT2D eigenvalue weighted by Crippen LogP contribution is 2.27. The lowest BCUT2D eigenvalue weighted by Gasteiger charge is -2.31. The maximum atomic E-state index is 12.4. The molecule has 0 saturated carbocycles. The molecule has 2 N–H and O–H groups in total. The first kappa shape index (κ1) is 18.4. The van der Waals surface area contributed by atoms with Gasteiger partial charge in [-0.3, -0.25) is 4.79 Å². The monoisotopic (exact) mass is 334 g/mol. The molecule has 24 heavy (non-hydrogen) atoms. The van der Waals surface area contributed by atoms with Gasteiger partial charge in [-0.05, 0) is 25.8 Å². The molecule has 0 fully saturated rings. The number of amides is 1. The number of carbonyl (C=O) groups excluding carboxylic acids is 1. The molecule has 7 nitrogen and oxygen atoms in total. The zero-order valence-electron chi connectivity index (χ0n) is 15.4. The van der Waals surface area contributed by atoms with Crippen molar-refractivity contribution in [3.63, 3.8) is 0 Å². The van der Waals surface area contributed by atoms with Crippen molar-refractivity contribution in [1.82, 2.24) is 14.9 Å². The first-order valence-corrected chi connectivity index (χ1v) is 8.66. The molecule has 0 spiro atoms. The van der Waals surface area contributed by atoms with Gasteiger partial charge in [0.15, 0.2) is 0 Å². The molecule has 1 aromatic rings. The maximum absolute atomic E-state index is 12.4. The van der Waals surface area contributed by atoms with Gasteiger partial charge in [0.1, 0.15) is 5.82 Å². The Morgan fingerprint density at radius 3 is 2.50 bits per heavy atom. The van der Waals surface area contributed by atoms with E-state index in [-0.39, 0.29) is 5.91 Å². The third-order valence-electron chi connectivity index (χ3n) is 4.30. The van der Waals surface area contributed by atoms with E-state index in [4.69, 9.17) is 5.73 Å². The second-order valence-corrected chi connectivity index (χ2v) is 6.73. The summed E-state index contributed by atoms with van der Waals surface area (Å²) in [6.07, 6.45) is 4.33. The van der Waals surface area contributed by atoms with Gasteiger partial charge >= 0.3 is 0 Å². The average molecular weight is 334 g/mol. The summed E-state index contributed by atoms with van der Waals surface area (Å²) in [5.41, 5.74) is 7.64. The molecular formula is C17H30N6O. The zero-order valence-corrected chi connectivity index (χ0v) is 15.4. The van der Waals surface area contributed by atoms with Crippen molar-refractivity contribution in [1.29, 1.82) is 0 Å². The van der Waals surface area contributed by atoms with Crippen LogP contribution in [0.2, 0.25) is 0 Å². The molecule has 1 aliphatic rings. The number of hydrogen-bond acceptors (Lipinski definition) is 6. The molecule has 1 amide bonds. The fourth-order valence-corrected chi connectivity index (χ4v) is 2.94. The number of rotatable bonds is 7. The Morgan fingerprint density at radius 2 is 1.88 bits per heavy atom. The summed E-state index contributed by atoms with van der Waals surface area (Å²) in [5, 5.41) is 0. The number of nitrogens with zero attached hydrogens (tertiary/aromatic N) is 5. The van der Waals surface area contributed by atoms with Crippen molar-refractivity contribution in [2.24, 2.45) is 5.73 Å². The number of aromatic nitrogens is 2. The van der Waals surface area contributed by atoms with Crippen LogP contribution in [0.15, 0.2) is 0 Å². The van der Waals surface area contributed by atoms with Gasteiger partial charge in [-0.15, -0.1) is 0 Å². The summed E-state index contributed by atoms with van der Waals surface area (Å²) in [7, 11) is 7.86. The van der Waals surface area contributed by atoms with E-state index in [1.807, 2.05) is 42.9 Å². The zero-order chi connectivity index (χ0) is 17.7. The Labute approximate surface area is 144 Å². The largest absolute Gasteiger partial charge is 0.362 e. The van der Waals surface area contributed by atoms with E-state index in [2.05, 4.69) is 9.97 Å². The highest BCUT2D eigenvalue weighted by molar-refractivity contribution is 5.76. The predicted molar refractivity (Wildman–Crippen MR) is 97.3 cm³/mol. The van der Waals surface area contributed by atoms with Crippen LogP contribution in [0.4, 0.5) is 11.8 Å². The highest BCUT2D eigenvalue weighted by atomic mass is 16.2. The molecular weight excluding hydrogens is 304 g/mol. The Balaban J connectivity index is 2.12. The molecule has 134 valence electrons. The van der Waals surface area contributed by atoms with Crippen LogP contribution in [0.5, 0.6) is 0 Å². The lowest BCUT2D eigenvalue weighted by atomic mass is 10.0. The molecule has 0 aromatic carbocycles. The van der Waals surface area contributed by atoms with Crippen molar-refractivity contribution < 1.29 is 4.79 Å². The van der Waals surface area contributed by atoms with Crippen molar-refractivity contribution in [3.8, 4) is 0 Å². The van der Waals surface area contributed by atoms with Gasteiger partial charge in [-0.25, -0.2) is 4.98 Å². The van der Waals surface area contributed by atoms with Crippen LogP contribution in [-0.4, -0.2) is 62.1 Å². The van der Waals surface area contributed by atoms with Gasteiger partial charge in [-0.2, -0.15) is 4.98 Å². The Bertz CT molecular complexity index is 572. The van der Waals surface area contributed by atoms with Gasteiger partial charge in [0, 0.05) is 46.7 Å². The minimum Gasteiger partial charge on any atom is -0.362 e. The van der Waals surface area contributed by atoms with Gasteiger partial charge in [0.25, 0.3) is 0 Å². The van der Waals surface area contributed by atoms with Crippen LogP contribution in [0.25, 0.3) is 0 Å². The fourth-order valence-electron chi connectivity index (χ4n) is 2.94. The minimum absolute atomic E-state index is 0.217. The standard InChI is InChI=1S/C17H30N6O/c1-21(2)16-13-9-11-23(15(24)8-6-5-7-10-18)12-14(13)19-17(20-16)22(3)4/h5-12,18H2,1-4H3. The first-order valence-electron chi connectivity index (χ1n) is 8.66. The molecule has 7 heteroatoms. The van der Waals surface area contributed by atoms with Crippen LogP contribution < -0.4 is 15.5 Å². The molecule has 0 saturated heterocycles. The summed E-state index contributed by atoms with van der Waals surface area (Å²) in [6, 6.07) is 0. The van der Waals surface area contributed by atoms with Gasteiger partial charge in [0.2, 0.25) is 11.9 Å². The third kappa shape index (κ3) is 4.35. The molecule has 1 aliphatic heterocycles. The highest BCUT2D eigenvalue weighted by Gasteiger charge is 2.26. The van der Waals surface area contributed by atoms with E-state index in [1.54, 1.807) is 0 Å². The Morgan fingerprint density at radius 1 is 1.12 bits per heavy atom. The summed E-state index contributed by atoms with van der Waals surface area (Å²) in [6.45, 7) is 2.02. The number of nitrogens with two attached hydrogens (primary N) is 1. The molecule has 1 aromatic heterocycles. The van der Waals surface area contributed by atoms with E-state index in [0.717, 1.165) is 49.3 Å². The van der Waals surface area contributed by atoms with Crippen LogP contribution >= 0.6 is 0 Å². The van der Waals surface area contributed by atoms with E-state index >= 15 is 0 Å². The van der Waals surface area contributed by atoms with Crippen molar-refractivity contribution in [3.05, 3.63) is 11.3 Å². The van der Waals surface area contributed by atoms with Gasteiger partial charge in [-0.1, -0.05) is 6.42 Å². The molecule has 2 rings (SSSR count). The quantitative estimate of drug-likeness (QED) is 0.750. The second-order valence-electron chi connectivity index (χ2n) is 6.73. The number of unbranched alkanes of at least 4 members (excludes halogenated alkanes) is 2. The van der Waals surface area contributed by atoms with Crippen LogP contribution in [0.1, 0.15) is 36.9 Å². The van der Waals surface area contributed by atoms with Crippen molar-refractivity contribution >= 4 is 17.7 Å². The number of anilines is 2. The normalized spacial score (nSPS) is 13.6. The maximum Gasteiger partial charge on any atom is 0.227 e. The third-order valence-corrected chi connectivity index (χ3v) is 4.30. The summed E-state index contributed by atoms with van der Waals surface area (Å²) >= 11 is 0. The molecule has 0 atom stereocenters. The van der Waals surface area contributed by atoms with Gasteiger partial charge < -0.3 is 20.4 Å². The first-order chi connectivity index (χ1) is 11.4. The lowest BCUT2D eigenvalue weighted by molar-refractivity contribution is -0.132. The van der Waals surface area contributed by atoms with Crippen molar-refractivity contribution in [2.75, 3.05) is 51.1 Å². The Hall–Kier alpha value is -1.89. The van der Waals surface area contributed by atoms with E-state index < -0.39 is 0 Å². The molecule has 2 heterocycles. The van der Waals surface area contributed by atoms with Crippen LogP contribution in [-0.2, 0) is 17.8 Å². The topological polar surface area (TPSA) is 78.6 Å². The second kappa shape index (κ2) is 8.28. The van der Waals surface area contributed by atoms with Gasteiger partial charge in [0.05, 0.1) is 12.2 Å². The number of carbonyl (C=O) groups is 1. The summed E-state index contributed by atoms with van der Waals surface area (Å²) in [4.78, 5) is 27.6. The SMILES string of the molecule is CN(C)c1nc2c(c(N(C)C)n1)CCN(C(=O)CCCCCN)C2. The average Bonchev–Trinajstić information content (AvgIpc) is 2.56.